The van der Waals surface area contributed by atoms with Crippen LogP contribution in [0.1, 0.15) is 23.8 Å². The van der Waals surface area contributed by atoms with Crippen LogP contribution in [0, 0.1) is 0 Å². The lowest BCUT2D eigenvalue weighted by atomic mass is 10.1. The first-order chi connectivity index (χ1) is 13.0. The van der Waals surface area contributed by atoms with E-state index in [1.807, 2.05) is 24.3 Å². The molecule has 0 unspecified atom stereocenters. The molecule has 3 aromatic rings. The van der Waals surface area contributed by atoms with Gasteiger partial charge in [0, 0.05) is 31.7 Å². The van der Waals surface area contributed by atoms with E-state index in [2.05, 4.69) is 20.1 Å². The van der Waals surface area contributed by atoms with E-state index in [1.165, 1.54) is 6.26 Å². The molecule has 0 radical (unpaired) electrons. The van der Waals surface area contributed by atoms with Crippen LogP contribution in [-0.2, 0) is 16.4 Å². The Balaban J connectivity index is 1.40. The van der Waals surface area contributed by atoms with Crippen molar-refractivity contribution in [3.05, 3.63) is 60.2 Å². The van der Waals surface area contributed by atoms with Crippen LogP contribution in [0.15, 0.2) is 58.1 Å². The molecule has 0 amide bonds. The van der Waals surface area contributed by atoms with Crippen LogP contribution in [0.25, 0.3) is 11.5 Å². The fourth-order valence-corrected chi connectivity index (χ4v) is 3.91. The summed E-state index contributed by atoms with van der Waals surface area (Å²) in [7, 11) is -3.16. The largest absolute Gasteiger partial charge is 0.420 e. The Hall–Kier alpha value is -2.58. The second-order valence-corrected chi connectivity index (χ2v) is 8.84. The molecule has 1 saturated heterocycles. The predicted molar refractivity (Wildman–Crippen MR) is 99.7 cm³/mol. The van der Waals surface area contributed by atoms with Gasteiger partial charge in [-0.2, -0.15) is 0 Å². The molecule has 0 aliphatic carbocycles. The number of aromatic nitrogens is 3. The van der Waals surface area contributed by atoms with Gasteiger partial charge in [-0.1, -0.05) is 12.1 Å². The normalized spacial score (nSPS) is 18.0. The van der Waals surface area contributed by atoms with E-state index in [9.17, 15) is 8.42 Å². The molecule has 7 nitrogen and oxygen atoms in total. The van der Waals surface area contributed by atoms with Gasteiger partial charge >= 0.3 is 0 Å². The fourth-order valence-electron chi connectivity index (χ4n) is 3.28. The Morgan fingerprint density at radius 2 is 2.00 bits per heavy atom. The Labute approximate surface area is 158 Å². The van der Waals surface area contributed by atoms with Crippen molar-refractivity contribution < 1.29 is 12.8 Å². The molecule has 140 valence electrons. The molecule has 0 bridgehead atoms. The molecule has 0 spiro atoms. The van der Waals surface area contributed by atoms with Gasteiger partial charge in [0.2, 0.25) is 11.8 Å². The summed E-state index contributed by atoms with van der Waals surface area (Å²) in [4.78, 5) is 6.73. The van der Waals surface area contributed by atoms with Crippen molar-refractivity contribution >= 4 is 9.84 Å². The van der Waals surface area contributed by atoms with E-state index in [0.29, 0.717) is 16.7 Å². The topological polar surface area (TPSA) is 89.2 Å². The molecule has 27 heavy (non-hydrogen) atoms. The number of benzene rings is 1. The van der Waals surface area contributed by atoms with Gasteiger partial charge in [-0.3, -0.25) is 9.88 Å². The van der Waals surface area contributed by atoms with E-state index in [0.717, 1.165) is 37.2 Å². The number of likely N-dealkylation sites (tertiary alicyclic amines) is 1. The maximum Gasteiger partial charge on any atom is 0.249 e. The van der Waals surface area contributed by atoms with Crippen LogP contribution >= 0.6 is 0 Å². The summed E-state index contributed by atoms with van der Waals surface area (Å²) < 4.78 is 29.0. The zero-order valence-electron chi connectivity index (χ0n) is 14.9. The summed E-state index contributed by atoms with van der Waals surface area (Å²) in [6.45, 7) is 2.54. The standard InChI is InChI=1S/C19H20N4O3S/c1-27(24,25)17-6-4-14(5-7-17)12-23-10-8-16(13-23)19-22-21-18(26-19)15-3-2-9-20-11-15/h2-7,9,11,16H,8,10,12-13H2,1H3/t16-/m0/s1. The lowest BCUT2D eigenvalue weighted by molar-refractivity contribution is 0.320. The quantitative estimate of drug-likeness (QED) is 0.668. The first-order valence-electron chi connectivity index (χ1n) is 8.74. The molecule has 4 rings (SSSR count). The third kappa shape index (κ3) is 4.06. The van der Waals surface area contributed by atoms with Crippen molar-refractivity contribution in [2.24, 2.45) is 0 Å². The molecule has 8 heteroatoms. The number of nitrogens with zero attached hydrogens (tertiary/aromatic N) is 4. The lowest BCUT2D eigenvalue weighted by Gasteiger charge is -2.15. The molecular weight excluding hydrogens is 364 g/mol. The second kappa shape index (κ2) is 7.21. The summed E-state index contributed by atoms with van der Waals surface area (Å²) in [5, 5.41) is 8.36. The van der Waals surface area contributed by atoms with Crippen molar-refractivity contribution in [2.75, 3.05) is 19.3 Å². The van der Waals surface area contributed by atoms with E-state index in [4.69, 9.17) is 4.42 Å². The first-order valence-corrected chi connectivity index (χ1v) is 10.6. The van der Waals surface area contributed by atoms with Gasteiger partial charge < -0.3 is 4.42 Å². The summed E-state index contributed by atoms with van der Waals surface area (Å²) in [5.74, 6) is 1.36. The van der Waals surface area contributed by atoms with Crippen molar-refractivity contribution in [3.8, 4) is 11.5 Å². The second-order valence-electron chi connectivity index (χ2n) is 6.82. The van der Waals surface area contributed by atoms with E-state index in [1.54, 1.807) is 24.5 Å². The summed E-state index contributed by atoms with van der Waals surface area (Å²) in [6.07, 6.45) is 5.59. The third-order valence-corrected chi connectivity index (χ3v) is 5.86. The van der Waals surface area contributed by atoms with E-state index < -0.39 is 9.84 Å². The molecule has 1 aliphatic rings. The van der Waals surface area contributed by atoms with Crippen LogP contribution in [0.3, 0.4) is 0 Å². The summed E-state index contributed by atoms with van der Waals surface area (Å²) in [6, 6.07) is 10.8. The zero-order valence-corrected chi connectivity index (χ0v) is 15.8. The third-order valence-electron chi connectivity index (χ3n) is 4.73. The molecule has 1 atom stereocenters. The molecule has 3 heterocycles. The fraction of sp³-hybridized carbons (Fsp3) is 0.316. The average Bonchev–Trinajstić information content (AvgIpc) is 3.31. The van der Waals surface area contributed by atoms with Crippen molar-refractivity contribution in [1.29, 1.82) is 0 Å². The van der Waals surface area contributed by atoms with Crippen molar-refractivity contribution in [1.82, 2.24) is 20.1 Å². The van der Waals surface area contributed by atoms with Gasteiger partial charge in [0.05, 0.1) is 16.4 Å². The molecule has 0 N–H and O–H groups in total. The lowest BCUT2D eigenvalue weighted by Crippen LogP contribution is -2.19. The van der Waals surface area contributed by atoms with Crippen LogP contribution in [0.5, 0.6) is 0 Å². The number of hydrogen-bond donors (Lipinski definition) is 0. The van der Waals surface area contributed by atoms with Crippen LogP contribution in [-0.4, -0.2) is 47.8 Å². The average molecular weight is 384 g/mol. The van der Waals surface area contributed by atoms with Gasteiger partial charge in [-0.15, -0.1) is 10.2 Å². The highest BCUT2D eigenvalue weighted by atomic mass is 32.2. The van der Waals surface area contributed by atoms with Gasteiger partial charge in [-0.25, -0.2) is 8.42 Å². The number of pyridine rings is 1. The first kappa shape index (κ1) is 17.8. The zero-order chi connectivity index (χ0) is 18.9. The molecule has 1 fully saturated rings. The molecule has 1 aliphatic heterocycles. The van der Waals surface area contributed by atoms with Crippen molar-refractivity contribution in [3.63, 3.8) is 0 Å². The number of rotatable bonds is 5. The molecule has 2 aromatic heterocycles. The minimum absolute atomic E-state index is 0.207. The van der Waals surface area contributed by atoms with E-state index in [-0.39, 0.29) is 5.92 Å². The van der Waals surface area contributed by atoms with Crippen LogP contribution in [0.2, 0.25) is 0 Å². The highest BCUT2D eigenvalue weighted by molar-refractivity contribution is 7.90. The maximum atomic E-state index is 11.6. The van der Waals surface area contributed by atoms with Crippen LogP contribution < -0.4 is 0 Å². The predicted octanol–water partition coefficient (Wildman–Crippen LogP) is 2.52. The van der Waals surface area contributed by atoms with Crippen LogP contribution in [0.4, 0.5) is 0 Å². The SMILES string of the molecule is CS(=O)(=O)c1ccc(CN2CC[C@H](c3nnc(-c4cccnc4)o3)C2)cc1. The number of hydrogen-bond acceptors (Lipinski definition) is 7. The Bertz CT molecular complexity index is 1020. The monoisotopic (exact) mass is 384 g/mol. The molecule has 1 aromatic carbocycles. The Kier molecular flexibility index (Phi) is 4.75. The number of sulfone groups is 1. The highest BCUT2D eigenvalue weighted by Crippen LogP contribution is 2.29. The van der Waals surface area contributed by atoms with Gasteiger partial charge in [-0.05, 0) is 42.8 Å². The summed E-state index contributed by atoms with van der Waals surface area (Å²) >= 11 is 0. The molecule has 0 saturated carbocycles. The van der Waals surface area contributed by atoms with Gasteiger partial charge in [0.25, 0.3) is 0 Å². The summed E-state index contributed by atoms with van der Waals surface area (Å²) in [5.41, 5.74) is 1.90. The minimum Gasteiger partial charge on any atom is -0.420 e. The van der Waals surface area contributed by atoms with E-state index >= 15 is 0 Å². The minimum atomic E-state index is -3.16. The van der Waals surface area contributed by atoms with Gasteiger partial charge in [0.15, 0.2) is 9.84 Å². The molecular formula is C19H20N4O3S. The smallest absolute Gasteiger partial charge is 0.249 e. The van der Waals surface area contributed by atoms with Crippen molar-refractivity contribution in [2.45, 2.75) is 23.8 Å². The Morgan fingerprint density at radius 1 is 1.19 bits per heavy atom. The van der Waals surface area contributed by atoms with Gasteiger partial charge in [0.1, 0.15) is 0 Å². The Morgan fingerprint density at radius 3 is 2.70 bits per heavy atom. The maximum absolute atomic E-state index is 11.6. The highest BCUT2D eigenvalue weighted by Gasteiger charge is 2.28.